The molecule has 2 nitrogen and oxygen atoms in total. The van der Waals surface area contributed by atoms with Gasteiger partial charge in [-0.2, -0.15) is 0 Å². The topological polar surface area (TPSA) is 21.3 Å². The van der Waals surface area contributed by atoms with Gasteiger partial charge in [0.05, 0.1) is 6.10 Å². The molecule has 0 radical (unpaired) electrons. The van der Waals surface area contributed by atoms with Crippen molar-refractivity contribution in [3.05, 3.63) is 34.4 Å². The summed E-state index contributed by atoms with van der Waals surface area (Å²) in [5.74, 6) is 0.608. The number of hydrogen-bond donors (Lipinski definition) is 1. The number of hydrogen-bond acceptors (Lipinski definition) is 2. The van der Waals surface area contributed by atoms with Crippen molar-refractivity contribution >= 4 is 0 Å². The average Bonchev–Trinajstić information content (AvgIpc) is 2.44. The Labute approximate surface area is 123 Å². The van der Waals surface area contributed by atoms with E-state index in [2.05, 4.69) is 45.1 Å². The smallest absolute Gasteiger partial charge is 0.0867 e. The standard InChI is InChI=1S/C18H29NO/c1-5-8-19-12-16-7-6-9-20-18(16)17-11-14(3)13(2)10-15(17)4/h10-11,16,18-19H,5-9,12H2,1-4H3. The molecule has 0 spiro atoms. The van der Waals surface area contributed by atoms with Gasteiger partial charge in [-0.25, -0.2) is 0 Å². The lowest BCUT2D eigenvalue weighted by atomic mass is 9.86. The summed E-state index contributed by atoms with van der Waals surface area (Å²) >= 11 is 0. The van der Waals surface area contributed by atoms with Gasteiger partial charge in [-0.1, -0.05) is 19.1 Å². The van der Waals surface area contributed by atoms with E-state index in [-0.39, 0.29) is 6.10 Å². The second kappa shape index (κ2) is 7.24. The van der Waals surface area contributed by atoms with Gasteiger partial charge < -0.3 is 10.1 Å². The van der Waals surface area contributed by atoms with Crippen molar-refractivity contribution in [1.82, 2.24) is 5.32 Å². The van der Waals surface area contributed by atoms with Crippen molar-refractivity contribution in [2.45, 2.75) is 53.1 Å². The van der Waals surface area contributed by atoms with Gasteiger partial charge in [-0.05, 0) is 68.8 Å². The highest BCUT2D eigenvalue weighted by Gasteiger charge is 2.28. The number of benzene rings is 1. The van der Waals surface area contributed by atoms with E-state index in [1.807, 2.05) is 0 Å². The molecule has 0 amide bonds. The molecule has 1 N–H and O–H groups in total. The van der Waals surface area contributed by atoms with Gasteiger partial charge in [-0.15, -0.1) is 0 Å². The molecular weight excluding hydrogens is 246 g/mol. The second-order valence-corrected chi connectivity index (χ2v) is 6.19. The highest BCUT2D eigenvalue weighted by Crippen LogP contribution is 2.35. The van der Waals surface area contributed by atoms with Gasteiger partial charge in [0.2, 0.25) is 0 Å². The first-order valence-corrected chi connectivity index (χ1v) is 8.03. The third-order valence-electron chi connectivity index (χ3n) is 4.47. The third kappa shape index (κ3) is 3.62. The summed E-state index contributed by atoms with van der Waals surface area (Å²) in [6, 6.07) is 4.65. The average molecular weight is 275 g/mol. The highest BCUT2D eigenvalue weighted by atomic mass is 16.5. The molecule has 1 aliphatic rings. The Bertz CT molecular complexity index is 441. The lowest BCUT2D eigenvalue weighted by Crippen LogP contribution is -2.32. The van der Waals surface area contributed by atoms with Crippen molar-refractivity contribution < 1.29 is 4.74 Å². The Morgan fingerprint density at radius 2 is 1.90 bits per heavy atom. The summed E-state index contributed by atoms with van der Waals surface area (Å²) in [6.45, 7) is 11.9. The summed E-state index contributed by atoms with van der Waals surface area (Å²) in [4.78, 5) is 0. The molecule has 0 aliphatic carbocycles. The van der Waals surface area contributed by atoms with Gasteiger partial charge >= 0.3 is 0 Å². The summed E-state index contributed by atoms with van der Waals surface area (Å²) < 4.78 is 6.14. The maximum atomic E-state index is 6.14. The minimum Gasteiger partial charge on any atom is -0.373 e. The predicted molar refractivity (Wildman–Crippen MR) is 85.2 cm³/mol. The van der Waals surface area contributed by atoms with Gasteiger partial charge in [0.15, 0.2) is 0 Å². The van der Waals surface area contributed by atoms with Gasteiger partial charge in [0.1, 0.15) is 0 Å². The van der Waals surface area contributed by atoms with Crippen molar-refractivity contribution in [3.63, 3.8) is 0 Å². The van der Waals surface area contributed by atoms with Crippen LogP contribution in [0.5, 0.6) is 0 Å². The highest BCUT2D eigenvalue weighted by molar-refractivity contribution is 5.38. The van der Waals surface area contributed by atoms with Crippen LogP contribution in [0, 0.1) is 26.7 Å². The number of ether oxygens (including phenoxy) is 1. The van der Waals surface area contributed by atoms with Gasteiger partial charge in [-0.3, -0.25) is 0 Å². The minimum atomic E-state index is 0.271. The molecule has 2 unspecified atom stereocenters. The van der Waals surface area contributed by atoms with Crippen LogP contribution in [0.2, 0.25) is 0 Å². The van der Waals surface area contributed by atoms with Crippen LogP contribution in [0.3, 0.4) is 0 Å². The molecule has 1 aromatic rings. The van der Waals surface area contributed by atoms with Crippen LogP contribution in [0.15, 0.2) is 12.1 Å². The third-order valence-corrected chi connectivity index (χ3v) is 4.47. The Hall–Kier alpha value is -0.860. The fourth-order valence-corrected chi connectivity index (χ4v) is 3.15. The number of rotatable bonds is 5. The molecule has 0 aromatic heterocycles. The predicted octanol–water partition coefficient (Wildman–Crippen LogP) is 4.08. The molecular formula is C18H29NO. The first kappa shape index (κ1) is 15.5. The quantitative estimate of drug-likeness (QED) is 0.818. The van der Waals surface area contributed by atoms with Crippen LogP contribution in [0.1, 0.15) is 54.5 Å². The molecule has 1 saturated heterocycles. The zero-order valence-corrected chi connectivity index (χ0v) is 13.5. The van der Waals surface area contributed by atoms with Crippen molar-refractivity contribution in [3.8, 4) is 0 Å². The fourth-order valence-electron chi connectivity index (χ4n) is 3.15. The van der Waals surface area contributed by atoms with E-state index >= 15 is 0 Å². The summed E-state index contributed by atoms with van der Waals surface area (Å²) in [5, 5.41) is 3.57. The van der Waals surface area contributed by atoms with Crippen LogP contribution >= 0.6 is 0 Å². The maximum absolute atomic E-state index is 6.14. The molecule has 0 bridgehead atoms. The first-order chi connectivity index (χ1) is 9.63. The van der Waals surface area contributed by atoms with Crippen LogP contribution in [-0.4, -0.2) is 19.7 Å². The van der Waals surface area contributed by atoms with Gasteiger partial charge in [0, 0.05) is 19.1 Å². The van der Waals surface area contributed by atoms with Crippen molar-refractivity contribution in [2.24, 2.45) is 5.92 Å². The summed E-state index contributed by atoms with van der Waals surface area (Å²) in [6.07, 6.45) is 3.93. The SMILES string of the molecule is CCCNCC1CCCOC1c1cc(C)c(C)cc1C. The van der Waals surface area contributed by atoms with E-state index < -0.39 is 0 Å². The zero-order chi connectivity index (χ0) is 14.5. The van der Waals surface area contributed by atoms with E-state index in [1.54, 1.807) is 0 Å². The monoisotopic (exact) mass is 275 g/mol. The largest absolute Gasteiger partial charge is 0.373 e. The maximum Gasteiger partial charge on any atom is 0.0867 e. The molecule has 1 heterocycles. The van der Waals surface area contributed by atoms with Gasteiger partial charge in [0.25, 0.3) is 0 Å². The molecule has 2 atom stereocenters. The molecule has 2 heteroatoms. The first-order valence-electron chi connectivity index (χ1n) is 8.03. The molecule has 2 rings (SSSR count). The lowest BCUT2D eigenvalue weighted by Gasteiger charge is -2.33. The minimum absolute atomic E-state index is 0.271. The van der Waals surface area contributed by atoms with E-state index in [4.69, 9.17) is 4.74 Å². The normalized spacial score (nSPS) is 23.0. The Kier molecular flexibility index (Phi) is 5.62. The molecule has 20 heavy (non-hydrogen) atoms. The van der Waals surface area contributed by atoms with E-state index in [0.717, 1.165) is 19.7 Å². The van der Waals surface area contributed by atoms with Crippen LogP contribution in [0.4, 0.5) is 0 Å². The zero-order valence-electron chi connectivity index (χ0n) is 13.5. The van der Waals surface area contributed by atoms with Crippen LogP contribution < -0.4 is 5.32 Å². The van der Waals surface area contributed by atoms with Crippen LogP contribution in [-0.2, 0) is 4.74 Å². The summed E-state index contributed by atoms with van der Waals surface area (Å²) in [7, 11) is 0. The molecule has 112 valence electrons. The Balaban J connectivity index is 2.16. The molecule has 1 aliphatic heterocycles. The van der Waals surface area contributed by atoms with E-state index in [9.17, 15) is 0 Å². The van der Waals surface area contributed by atoms with E-state index in [0.29, 0.717) is 5.92 Å². The van der Waals surface area contributed by atoms with Crippen molar-refractivity contribution in [2.75, 3.05) is 19.7 Å². The molecule has 1 fully saturated rings. The van der Waals surface area contributed by atoms with Crippen LogP contribution in [0.25, 0.3) is 0 Å². The summed E-state index contributed by atoms with van der Waals surface area (Å²) in [5.41, 5.74) is 5.53. The Morgan fingerprint density at radius 3 is 2.65 bits per heavy atom. The lowest BCUT2D eigenvalue weighted by molar-refractivity contribution is -0.0280. The number of aryl methyl sites for hydroxylation is 3. The number of nitrogens with one attached hydrogen (secondary N) is 1. The molecule has 1 aromatic carbocycles. The van der Waals surface area contributed by atoms with E-state index in [1.165, 1.54) is 41.5 Å². The Morgan fingerprint density at radius 1 is 1.15 bits per heavy atom. The molecule has 0 saturated carbocycles. The fraction of sp³-hybridized carbons (Fsp3) is 0.667. The second-order valence-electron chi connectivity index (χ2n) is 6.19. The van der Waals surface area contributed by atoms with Crippen molar-refractivity contribution in [1.29, 1.82) is 0 Å².